The lowest BCUT2D eigenvalue weighted by atomic mass is 10.0. The van der Waals surface area contributed by atoms with Gasteiger partial charge in [0.15, 0.2) is 0 Å². The zero-order chi connectivity index (χ0) is 23.5. The van der Waals surface area contributed by atoms with E-state index in [0.29, 0.717) is 42.8 Å². The minimum Gasteiger partial charge on any atom is -0.493 e. The molecule has 0 bridgehead atoms. The molecule has 0 aliphatic rings. The van der Waals surface area contributed by atoms with Crippen LogP contribution in [-0.2, 0) is 12.6 Å². The minimum absolute atomic E-state index is 0.0973. The molecule has 1 aromatic heterocycles. The van der Waals surface area contributed by atoms with Crippen molar-refractivity contribution in [2.45, 2.75) is 32.4 Å². The monoisotopic (exact) mass is 454 g/mol. The fraction of sp³-hybridized carbons (Fsp3) is 0.364. The number of nitrogens with zero attached hydrogens (tertiary/aromatic N) is 2. The second-order valence-electron chi connectivity index (χ2n) is 7.29. The summed E-state index contributed by atoms with van der Waals surface area (Å²) >= 11 is 0. The number of aryl methyl sites for hydroxylation is 1. The van der Waals surface area contributed by atoms with Crippen molar-refractivity contribution >= 4 is 22.6 Å². The van der Waals surface area contributed by atoms with Crippen molar-refractivity contribution in [3.63, 3.8) is 0 Å². The number of aromatic nitrogens is 1. The number of aromatic carboxylic acids is 1. The van der Waals surface area contributed by atoms with Gasteiger partial charge in [-0.05, 0) is 43.2 Å². The molecule has 2 aromatic carbocycles. The highest BCUT2D eigenvalue weighted by molar-refractivity contribution is 5.88. The van der Waals surface area contributed by atoms with Crippen LogP contribution in [-0.4, -0.2) is 36.4 Å². The third kappa shape index (κ3) is 4.95. The van der Waals surface area contributed by atoms with E-state index in [4.69, 9.17) is 9.84 Å². The fourth-order valence-corrected chi connectivity index (χ4v) is 3.40. The number of rotatable bonds is 9. The molecule has 1 heterocycles. The first-order valence-electron chi connectivity index (χ1n) is 9.98. The highest BCUT2D eigenvalue weighted by Gasteiger charge is 2.38. The molecule has 0 unspecified atom stereocenters. The van der Waals surface area contributed by atoms with Gasteiger partial charge in [-0.25, -0.2) is 9.18 Å². The van der Waals surface area contributed by atoms with Gasteiger partial charge in [0.25, 0.3) is 0 Å². The number of carboxylic acid groups (broad SMARTS) is 1. The summed E-state index contributed by atoms with van der Waals surface area (Å²) in [6, 6.07) is 6.66. The largest absolute Gasteiger partial charge is 0.493 e. The van der Waals surface area contributed by atoms with Gasteiger partial charge in [-0.1, -0.05) is 18.5 Å². The van der Waals surface area contributed by atoms with Crippen LogP contribution in [0.3, 0.4) is 0 Å². The SMILES string of the molecule is CCCc1c(OCCCN(C)c2ccc(C(=O)O)c(F)c2)ccc2c(C(F)(F)F)onc12. The molecular formula is C22H22F4N2O4. The van der Waals surface area contributed by atoms with E-state index >= 15 is 0 Å². The van der Waals surface area contributed by atoms with E-state index in [0.717, 1.165) is 6.07 Å². The summed E-state index contributed by atoms with van der Waals surface area (Å²) in [5, 5.41) is 12.4. The summed E-state index contributed by atoms with van der Waals surface area (Å²) in [6.45, 7) is 2.66. The van der Waals surface area contributed by atoms with Crippen LogP contribution in [0.4, 0.5) is 23.2 Å². The normalized spacial score (nSPS) is 11.7. The van der Waals surface area contributed by atoms with Crippen LogP contribution in [0.1, 0.15) is 41.4 Å². The van der Waals surface area contributed by atoms with Crippen LogP contribution < -0.4 is 9.64 Å². The van der Waals surface area contributed by atoms with Gasteiger partial charge in [-0.15, -0.1) is 0 Å². The molecule has 32 heavy (non-hydrogen) atoms. The molecule has 0 amide bonds. The Kier molecular flexibility index (Phi) is 6.90. The van der Waals surface area contributed by atoms with Crippen LogP contribution >= 0.6 is 0 Å². The average molecular weight is 454 g/mol. The van der Waals surface area contributed by atoms with Gasteiger partial charge in [-0.2, -0.15) is 13.2 Å². The molecule has 6 nitrogen and oxygen atoms in total. The summed E-state index contributed by atoms with van der Waals surface area (Å²) in [7, 11) is 1.73. The molecule has 0 atom stereocenters. The van der Waals surface area contributed by atoms with E-state index in [-0.39, 0.29) is 17.5 Å². The molecule has 1 N–H and O–H groups in total. The van der Waals surface area contributed by atoms with Gasteiger partial charge < -0.3 is 19.3 Å². The molecule has 0 aliphatic heterocycles. The van der Waals surface area contributed by atoms with Crippen molar-refractivity contribution in [3.8, 4) is 5.75 Å². The highest BCUT2D eigenvalue weighted by atomic mass is 19.4. The number of benzene rings is 2. The van der Waals surface area contributed by atoms with Crippen molar-refractivity contribution in [2.24, 2.45) is 0 Å². The number of hydrogen-bond donors (Lipinski definition) is 1. The maximum atomic E-state index is 13.9. The molecule has 0 saturated carbocycles. The molecule has 3 rings (SSSR count). The molecule has 172 valence electrons. The van der Waals surface area contributed by atoms with Gasteiger partial charge in [0.05, 0.1) is 17.6 Å². The predicted octanol–water partition coefficient (Wildman–Crippen LogP) is 5.54. The van der Waals surface area contributed by atoms with Crippen LogP contribution in [0.25, 0.3) is 10.9 Å². The summed E-state index contributed by atoms with van der Waals surface area (Å²) in [5.41, 5.74) is 0.820. The minimum atomic E-state index is -4.63. The van der Waals surface area contributed by atoms with Gasteiger partial charge in [0.1, 0.15) is 17.1 Å². The second-order valence-corrected chi connectivity index (χ2v) is 7.29. The molecule has 3 aromatic rings. The average Bonchev–Trinajstić information content (AvgIpc) is 3.17. The predicted molar refractivity (Wildman–Crippen MR) is 110 cm³/mol. The third-order valence-electron chi connectivity index (χ3n) is 4.99. The van der Waals surface area contributed by atoms with Crippen molar-refractivity contribution in [1.29, 1.82) is 0 Å². The zero-order valence-electron chi connectivity index (χ0n) is 17.5. The van der Waals surface area contributed by atoms with Crippen LogP contribution in [0.2, 0.25) is 0 Å². The summed E-state index contributed by atoms with van der Waals surface area (Å²) in [5.74, 6) is -2.83. The highest BCUT2D eigenvalue weighted by Crippen LogP contribution is 2.38. The van der Waals surface area contributed by atoms with Crippen LogP contribution in [0, 0.1) is 5.82 Å². The van der Waals surface area contributed by atoms with E-state index in [1.807, 2.05) is 6.92 Å². The van der Waals surface area contributed by atoms with E-state index in [1.165, 1.54) is 24.3 Å². The molecule has 0 saturated heterocycles. The van der Waals surface area contributed by atoms with Gasteiger partial charge >= 0.3 is 12.1 Å². The number of hydrogen-bond acceptors (Lipinski definition) is 5. The third-order valence-corrected chi connectivity index (χ3v) is 4.99. The Labute approximate surface area is 181 Å². The van der Waals surface area contributed by atoms with E-state index in [1.54, 1.807) is 11.9 Å². The first-order valence-corrected chi connectivity index (χ1v) is 9.98. The first-order chi connectivity index (χ1) is 15.1. The first kappa shape index (κ1) is 23.4. The number of ether oxygens (including phenoxy) is 1. The van der Waals surface area contributed by atoms with E-state index in [2.05, 4.69) is 9.68 Å². The van der Waals surface area contributed by atoms with E-state index in [9.17, 15) is 22.4 Å². The molecular weight excluding hydrogens is 432 g/mol. The second kappa shape index (κ2) is 9.46. The van der Waals surface area contributed by atoms with E-state index < -0.39 is 29.3 Å². The smallest absolute Gasteiger partial charge is 0.453 e. The Morgan fingerprint density at radius 1 is 1.25 bits per heavy atom. The lowest BCUT2D eigenvalue weighted by molar-refractivity contribution is -0.154. The molecule has 0 fully saturated rings. The Morgan fingerprint density at radius 2 is 2.00 bits per heavy atom. The fourth-order valence-electron chi connectivity index (χ4n) is 3.40. The molecule has 0 radical (unpaired) electrons. The molecule has 0 aliphatic carbocycles. The summed E-state index contributed by atoms with van der Waals surface area (Å²) in [4.78, 5) is 12.7. The topological polar surface area (TPSA) is 75.8 Å². The standard InChI is InChI=1S/C22H22F4N2O4/c1-3-5-15-18(9-8-16-19(15)27-32-20(16)22(24,25)26)31-11-4-10-28(2)13-6-7-14(21(29)30)17(23)12-13/h6-9,12H,3-5,10-11H2,1-2H3,(H,29,30). The Bertz CT molecular complexity index is 1110. The summed E-state index contributed by atoms with van der Waals surface area (Å²) in [6.07, 6.45) is -2.93. The van der Waals surface area contributed by atoms with Crippen molar-refractivity contribution in [1.82, 2.24) is 5.16 Å². The van der Waals surface area contributed by atoms with Crippen molar-refractivity contribution in [3.05, 3.63) is 53.0 Å². The molecule has 10 heteroatoms. The Hall–Kier alpha value is -3.30. The van der Waals surface area contributed by atoms with Gasteiger partial charge in [0, 0.05) is 24.8 Å². The van der Waals surface area contributed by atoms with Gasteiger partial charge in [-0.3, -0.25) is 0 Å². The maximum Gasteiger partial charge on any atom is 0.453 e. The number of anilines is 1. The number of alkyl halides is 3. The van der Waals surface area contributed by atoms with Crippen LogP contribution in [0.5, 0.6) is 5.75 Å². The maximum absolute atomic E-state index is 13.9. The lowest BCUT2D eigenvalue weighted by Crippen LogP contribution is -2.21. The van der Waals surface area contributed by atoms with Crippen LogP contribution in [0.15, 0.2) is 34.9 Å². The quantitative estimate of drug-likeness (QED) is 0.338. The number of fused-ring (bicyclic) bond motifs is 1. The Morgan fingerprint density at radius 3 is 2.62 bits per heavy atom. The van der Waals surface area contributed by atoms with Crippen molar-refractivity contribution in [2.75, 3.05) is 25.1 Å². The Balaban J connectivity index is 1.66. The molecule has 0 spiro atoms. The summed E-state index contributed by atoms with van der Waals surface area (Å²) < 4.78 is 63.5. The van der Waals surface area contributed by atoms with Gasteiger partial charge in [0.2, 0.25) is 5.76 Å². The number of carbonyl (C=O) groups is 1. The lowest BCUT2D eigenvalue weighted by Gasteiger charge is -2.20. The number of halogens is 4. The number of carboxylic acids is 1. The zero-order valence-corrected chi connectivity index (χ0v) is 17.5. The van der Waals surface area contributed by atoms with Crippen molar-refractivity contribution < 1.29 is 36.7 Å².